The van der Waals surface area contributed by atoms with Gasteiger partial charge < -0.3 is 29.3 Å². The zero-order valence-corrected chi connectivity index (χ0v) is 20.6. The van der Waals surface area contributed by atoms with E-state index >= 15 is 0 Å². The lowest BCUT2D eigenvalue weighted by atomic mass is 9.98. The van der Waals surface area contributed by atoms with Gasteiger partial charge in [0.15, 0.2) is 0 Å². The predicted molar refractivity (Wildman–Crippen MR) is 121 cm³/mol. The molecule has 17 heteroatoms. The molecule has 2 saturated heterocycles. The number of hydrogen-bond donors (Lipinski definition) is 2. The molecule has 4 heterocycles. The molecule has 2 aromatic heterocycles. The van der Waals surface area contributed by atoms with Crippen LogP contribution in [-0.2, 0) is 14.3 Å². The molecule has 1 spiro atoms. The van der Waals surface area contributed by atoms with E-state index in [9.17, 15) is 31.1 Å². The quantitative estimate of drug-likeness (QED) is 0.514. The van der Waals surface area contributed by atoms with Crippen LogP contribution in [0.15, 0.2) is 42.9 Å². The van der Waals surface area contributed by atoms with Gasteiger partial charge in [0.1, 0.15) is 17.4 Å². The van der Waals surface area contributed by atoms with Crippen molar-refractivity contribution in [2.45, 2.75) is 36.9 Å². The van der Waals surface area contributed by atoms with Gasteiger partial charge in [0.2, 0.25) is 5.88 Å². The molecule has 220 valence electrons. The van der Waals surface area contributed by atoms with E-state index < -0.39 is 24.3 Å². The van der Waals surface area contributed by atoms with Gasteiger partial charge in [-0.3, -0.25) is 9.78 Å². The molecule has 1 amide bonds. The molecule has 0 saturated carbocycles. The number of likely N-dealkylation sites (tertiary alicyclic amines) is 1. The average molecular weight is 583 g/mol. The van der Waals surface area contributed by atoms with Crippen molar-refractivity contribution in [2.24, 2.45) is 0 Å². The van der Waals surface area contributed by atoms with Gasteiger partial charge >= 0.3 is 24.3 Å². The van der Waals surface area contributed by atoms with Crippen LogP contribution in [0.1, 0.15) is 23.2 Å². The standard InChI is InChI=1S/C19H21N3O4.2C2HF3O2/c1-24-17-16(5-3-8-21-17)18(23)22-9-6-19(13-22)10-15(12-25-19)26-14-4-2-7-20-11-14;2*3-2(4,5)1(6)7/h2-5,7-8,11,15H,6,9-10,12-13H2,1H3;2*(H,6,7)/t15-,19+;;/m1../s1. The molecular formula is C23H23F6N3O8. The Hall–Kier alpha value is -4.15. The predicted octanol–water partition coefficient (Wildman–Crippen LogP) is 3.20. The highest BCUT2D eigenvalue weighted by Crippen LogP contribution is 2.37. The van der Waals surface area contributed by atoms with Gasteiger partial charge in [-0.2, -0.15) is 26.3 Å². The first kappa shape index (κ1) is 32.1. The minimum absolute atomic E-state index is 0.0258. The highest BCUT2D eigenvalue weighted by molar-refractivity contribution is 5.96. The van der Waals surface area contributed by atoms with Crippen molar-refractivity contribution in [3.8, 4) is 11.6 Å². The third-order valence-corrected chi connectivity index (χ3v) is 5.40. The van der Waals surface area contributed by atoms with Gasteiger partial charge in [0.05, 0.1) is 32.1 Å². The van der Waals surface area contributed by atoms with Crippen LogP contribution in [0, 0.1) is 0 Å². The maximum Gasteiger partial charge on any atom is 0.490 e. The molecule has 2 atom stereocenters. The summed E-state index contributed by atoms with van der Waals surface area (Å²) in [5.41, 5.74) is 0.144. The lowest BCUT2D eigenvalue weighted by molar-refractivity contribution is -0.193. The molecule has 4 rings (SSSR count). The minimum atomic E-state index is -5.08. The van der Waals surface area contributed by atoms with Crippen LogP contribution in [0.5, 0.6) is 11.6 Å². The maximum atomic E-state index is 12.9. The number of alkyl halides is 6. The smallest absolute Gasteiger partial charge is 0.486 e. The van der Waals surface area contributed by atoms with E-state index in [1.165, 1.54) is 7.11 Å². The molecule has 0 aromatic carbocycles. The van der Waals surface area contributed by atoms with E-state index in [1.54, 1.807) is 30.7 Å². The Morgan fingerprint density at radius 3 is 2.17 bits per heavy atom. The topological polar surface area (TPSA) is 148 Å². The van der Waals surface area contributed by atoms with E-state index in [0.29, 0.717) is 31.1 Å². The number of rotatable bonds is 4. The van der Waals surface area contributed by atoms with Gasteiger partial charge in [0.25, 0.3) is 5.91 Å². The number of nitrogens with zero attached hydrogens (tertiary/aromatic N) is 3. The largest absolute Gasteiger partial charge is 0.490 e. The number of methoxy groups -OCH3 is 1. The van der Waals surface area contributed by atoms with Crippen LogP contribution in [-0.4, -0.2) is 93.8 Å². The van der Waals surface area contributed by atoms with Gasteiger partial charge in [-0.25, -0.2) is 14.6 Å². The summed E-state index contributed by atoms with van der Waals surface area (Å²) in [5, 5.41) is 14.2. The van der Waals surface area contributed by atoms with Crippen LogP contribution in [0.25, 0.3) is 0 Å². The van der Waals surface area contributed by atoms with Crippen molar-refractivity contribution < 1.29 is 65.1 Å². The number of carbonyl (C=O) groups is 3. The van der Waals surface area contributed by atoms with Crippen molar-refractivity contribution >= 4 is 17.8 Å². The van der Waals surface area contributed by atoms with Crippen LogP contribution >= 0.6 is 0 Å². The molecule has 11 nitrogen and oxygen atoms in total. The summed E-state index contributed by atoms with van der Waals surface area (Å²) < 4.78 is 80.7. The normalized spacial score (nSPS) is 20.1. The first-order valence-corrected chi connectivity index (χ1v) is 11.2. The Bertz CT molecular complexity index is 1140. The Kier molecular flexibility index (Phi) is 10.6. The molecule has 0 aliphatic carbocycles. The molecule has 2 aliphatic heterocycles. The zero-order valence-electron chi connectivity index (χ0n) is 20.6. The van der Waals surface area contributed by atoms with E-state index in [1.807, 2.05) is 17.0 Å². The number of carboxylic acid groups (broad SMARTS) is 2. The number of ether oxygens (including phenoxy) is 3. The molecule has 0 unspecified atom stereocenters. The maximum absolute atomic E-state index is 12.9. The van der Waals surface area contributed by atoms with Crippen LogP contribution in [0.3, 0.4) is 0 Å². The number of carbonyl (C=O) groups excluding carboxylic acids is 1. The monoisotopic (exact) mass is 583 g/mol. The highest BCUT2D eigenvalue weighted by Gasteiger charge is 2.48. The van der Waals surface area contributed by atoms with Crippen LogP contribution < -0.4 is 9.47 Å². The third-order valence-electron chi connectivity index (χ3n) is 5.40. The average Bonchev–Trinajstić information content (AvgIpc) is 3.49. The summed E-state index contributed by atoms with van der Waals surface area (Å²) in [7, 11) is 1.52. The van der Waals surface area contributed by atoms with Crippen LogP contribution in [0.2, 0.25) is 0 Å². The Labute approximate surface area is 222 Å². The number of amides is 1. The molecule has 2 fully saturated rings. The number of pyridine rings is 2. The minimum Gasteiger partial charge on any atom is -0.486 e. The molecule has 0 bridgehead atoms. The Balaban J connectivity index is 0.000000333. The number of aliphatic carboxylic acids is 2. The molecule has 0 radical (unpaired) electrons. The summed E-state index contributed by atoms with van der Waals surface area (Å²) in [6.07, 6.45) is -3.61. The molecule has 40 heavy (non-hydrogen) atoms. The molecule has 2 aromatic rings. The first-order chi connectivity index (χ1) is 18.6. The second kappa shape index (κ2) is 13.3. The molecule has 2 N–H and O–H groups in total. The van der Waals surface area contributed by atoms with Crippen molar-refractivity contribution in [2.75, 3.05) is 26.8 Å². The fourth-order valence-corrected chi connectivity index (χ4v) is 3.68. The third kappa shape index (κ3) is 9.25. The van der Waals surface area contributed by atoms with E-state index in [2.05, 4.69) is 9.97 Å². The highest BCUT2D eigenvalue weighted by atomic mass is 19.4. The van der Waals surface area contributed by atoms with Crippen molar-refractivity contribution in [1.29, 1.82) is 0 Å². The van der Waals surface area contributed by atoms with E-state index in [0.717, 1.165) is 18.6 Å². The SMILES string of the molecule is COc1ncccc1C(=O)N1CC[C@]2(C[C@@H](Oc3cccnc3)CO2)C1.O=C(O)C(F)(F)F.O=C(O)C(F)(F)F. The second-order valence-corrected chi connectivity index (χ2v) is 8.27. The number of aromatic nitrogens is 2. The Morgan fingerprint density at radius 1 is 1.05 bits per heavy atom. The lowest BCUT2D eigenvalue weighted by Crippen LogP contribution is -2.36. The van der Waals surface area contributed by atoms with Crippen LogP contribution in [0.4, 0.5) is 26.3 Å². The Morgan fingerprint density at radius 2 is 1.65 bits per heavy atom. The lowest BCUT2D eigenvalue weighted by Gasteiger charge is -2.23. The van der Waals surface area contributed by atoms with Gasteiger partial charge in [-0.15, -0.1) is 0 Å². The fourth-order valence-electron chi connectivity index (χ4n) is 3.68. The van der Waals surface area contributed by atoms with E-state index in [4.69, 9.17) is 34.0 Å². The van der Waals surface area contributed by atoms with Gasteiger partial charge in [0, 0.05) is 25.4 Å². The van der Waals surface area contributed by atoms with Gasteiger partial charge in [-0.1, -0.05) is 0 Å². The fraction of sp³-hybridized carbons (Fsp3) is 0.435. The summed E-state index contributed by atoms with van der Waals surface area (Å²) in [6.45, 7) is 1.72. The van der Waals surface area contributed by atoms with Crippen molar-refractivity contribution in [3.63, 3.8) is 0 Å². The zero-order chi connectivity index (χ0) is 30.1. The van der Waals surface area contributed by atoms with E-state index in [-0.39, 0.29) is 17.6 Å². The number of carboxylic acids is 2. The number of halogens is 6. The summed E-state index contributed by atoms with van der Waals surface area (Å²) >= 11 is 0. The summed E-state index contributed by atoms with van der Waals surface area (Å²) in [4.78, 5) is 40.6. The summed E-state index contributed by atoms with van der Waals surface area (Å²) in [6, 6.07) is 7.21. The summed E-state index contributed by atoms with van der Waals surface area (Å²) in [5.74, 6) is -4.50. The molecular weight excluding hydrogens is 560 g/mol. The number of hydrogen-bond acceptors (Lipinski definition) is 8. The van der Waals surface area contributed by atoms with Crippen molar-refractivity contribution in [3.05, 3.63) is 48.4 Å². The first-order valence-electron chi connectivity index (χ1n) is 11.2. The molecule has 2 aliphatic rings. The second-order valence-electron chi connectivity index (χ2n) is 8.27. The van der Waals surface area contributed by atoms with Crippen molar-refractivity contribution in [1.82, 2.24) is 14.9 Å². The van der Waals surface area contributed by atoms with Gasteiger partial charge in [-0.05, 0) is 30.7 Å².